The molecule has 0 rings (SSSR count). The molecule has 0 atom stereocenters. The summed E-state index contributed by atoms with van der Waals surface area (Å²) < 4.78 is 9.54. The van der Waals surface area contributed by atoms with Crippen molar-refractivity contribution in [3.05, 3.63) is 11.8 Å². The van der Waals surface area contributed by atoms with Crippen LogP contribution in [-0.4, -0.2) is 31.0 Å². The molecule has 2 amide bonds. The average molecular weight is 243 g/mol. The van der Waals surface area contributed by atoms with E-state index in [-0.39, 0.29) is 18.6 Å². The molecule has 0 unspecified atom stereocenters. The van der Waals surface area contributed by atoms with Gasteiger partial charge in [0.2, 0.25) is 5.91 Å². The van der Waals surface area contributed by atoms with Gasteiger partial charge >= 0.3 is 5.97 Å². The summed E-state index contributed by atoms with van der Waals surface area (Å²) in [7, 11) is 0. The van der Waals surface area contributed by atoms with Gasteiger partial charge in [-0.2, -0.15) is 0 Å². The first-order chi connectivity index (χ1) is 8.06. The van der Waals surface area contributed by atoms with Crippen molar-refractivity contribution in [2.45, 2.75) is 27.2 Å². The van der Waals surface area contributed by atoms with Crippen LogP contribution in [0.25, 0.3) is 0 Å². The molecule has 0 aliphatic carbocycles. The summed E-state index contributed by atoms with van der Waals surface area (Å²) in [5.41, 5.74) is -0.324. The molecule has 96 valence electrons. The van der Waals surface area contributed by atoms with E-state index < -0.39 is 17.8 Å². The summed E-state index contributed by atoms with van der Waals surface area (Å²) in [5.74, 6) is -2.10. The smallest absolute Gasteiger partial charge is 0.346 e. The number of amides is 2. The summed E-state index contributed by atoms with van der Waals surface area (Å²) in [6, 6.07) is 0. The fraction of sp³-hybridized carbons (Fsp3) is 0.545. The third-order valence-electron chi connectivity index (χ3n) is 1.68. The molecule has 0 heterocycles. The number of ether oxygens (including phenoxy) is 2. The Kier molecular flexibility index (Phi) is 7.41. The maximum absolute atomic E-state index is 11.6. The molecule has 0 saturated heterocycles. The van der Waals surface area contributed by atoms with Crippen LogP contribution >= 0.6 is 0 Å². The predicted octanol–water partition coefficient (Wildman–Crippen LogP) is 0.523. The van der Waals surface area contributed by atoms with Crippen molar-refractivity contribution in [1.82, 2.24) is 5.32 Å². The quantitative estimate of drug-likeness (QED) is 0.242. The minimum absolute atomic E-state index is 0.136. The van der Waals surface area contributed by atoms with Crippen molar-refractivity contribution >= 4 is 17.8 Å². The summed E-state index contributed by atoms with van der Waals surface area (Å²) in [6.07, 6.45) is 1.15. The highest BCUT2D eigenvalue weighted by Gasteiger charge is 2.21. The van der Waals surface area contributed by atoms with Crippen LogP contribution in [0, 0.1) is 0 Å². The van der Waals surface area contributed by atoms with Crippen LogP contribution in [0.4, 0.5) is 0 Å². The van der Waals surface area contributed by atoms with E-state index in [1.165, 1.54) is 0 Å². The van der Waals surface area contributed by atoms with E-state index in [4.69, 9.17) is 4.74 Å². The normalized spacial score (nSPS) is 10.6. The zero-order chi connectivity index (χ0) is 13.3. The molecule has 0 aromatic carbocycles. The van der Waals surface area contributed by atoms with Gasteiger partial charge in [-0.15, -0.1) is 0 Å². The van der Waals surface area contributed by atoms with Crippen molar-refractivity contribution in [2.24, 2.45) is 0 Å². The Morgan fingerprint density at radius 1 is 1.12 bits per heavy atom. The van der Waals surface area contributed by atoms with Crippen molar-refractivity contribution in [2.75, 3.05) is 13.2 Å². The lowest BCUT2D eigenvalue weighted by molar-refractivity contribution is -0.140. The van der Waals surface area contributed by atoms with Crippen LogP contribution in [-0.2, 0) is 23.9 Å². The van der Waals surface area contributed by atoms with Gasteiger partial charge in [0.05, 0.1) is 13.2 Å². The number of carbonyl (C=O) groups excluding carboxylic acids is 3. The van der Waals surface area contributed by atoms with Gasteiger partial charge in [-0.3, -0.25) is 14.9 Å². The molecule has 0 aliphatic rings. The van der Waals surface area contributed by atoms with Crippen LogP contribution in [0.2, 0.25) is 0 Å². The number of hydrogen-bond donors (Lipinski definition) is 1. The van der Waals surface area contributed by atoms with Crippen LogP contribution in [0.5, 0.6) is 0 Å². The van der Waals surface area contributed by atoms with Crippen LogP contribution in [0.1, 0.15) is 27.2 Å². The molecule has 0 aliphatic heterocycles. The predicted molar refractivity (Wildman–Crippen MR) is 59.8 cm³/mol. The first-order valence-electron chi connectivity index (χ1n) is 5.39. The third-order valence-corrected chi connectivity index (χ3v) is 1.68. The molecular weight excluding hydrogens is 226 g/mol. The maximum atomic E-state index is 11.6. The lowest BCUT2D eigenvalue weighted by Gasteiger charge is -2.06. The lowest BCUT2D eigenvalue weighted by Crippen LogP contribution is -2.34. The fourth-order valence-corrected chi connectivity index (χ4v) is 0.852. The molecule has 0 radical (unpaired) electrons. The summed E-state index contributed by atoms with van der Waals surface area (Å²) in [4.78, 5) is 34.0. The van der Waals surface area contributed by atoms with Crippen LogP contribution in [0.15, 0.2) is 11.8 Å². The fourth-order valence-electron chi connectivity index (χ4n) is 0.852. The van der Waals surface area contributed by atoms with Crippen LogP contribution in [0.3, 0.4) is 0 Å². The standard InChI is InChI=1S/C11H17NO5/c1-4-9(13)12-10(14)8(7-16-5-2)11(15)17-6-3/h7H,4-6H2,1-3H3,(H,12,13,14)/b8-7-. The monoisotopic (exact) mass is 243 g/mol. The number of carbonyl (C=O) groups is 3. The first-order valence-corrected chi connectivity index (χ1v) is 5.39. The van der Waals surface area contributed by atoms with E-state index in [1.54, 1.807) is 20.8 Å². The Labute approximate surface area is 100.0 Å². The molecule has 0 spiro atoms. The highest BCUT2D eigenvalue weighted by molar-refractivity contribution is 6.19. The van der Waals surface area contributed by atoms with Crippen molar-refractivity contribution in [3.63, 3.8) is 0 Å². The largest absolute Gasteiger partial charge is 0.500 e. The Bertz CT molecular complexity index is 322. The van der Waals surface area contributed by atoms with Gasteiger partial charge in [0.25, 0.3) is 5.91 Å². The van der Waals surface area contributed by atoms with Crippen molar-refractivity contribution < 1.29 is 23.9 Å². The van der Waals surface area contributed by atoms with Gasteiger partial charge in [-0.25, -0.2) is 4.79 Å². The zero-order valence-corrected chi connectivity index (χ0v) is 10.2. The maximum Gasteiger partial charge on any atom is 0.346 e. The average Bonchev–Trinajstić information content (AvgIpc) is 2.29. The third kappa shape index (κ3) is 5.70. The SMILES string of the molecule is CCO/C=C(/C(=O)NC(=O)CC)C(=O)OCC. The van der Waals surface area contributed by atoms with Crippen molar-refractivity contribution in [3.8, 4) is 0 Å². The van der Waals surface area contributed by atoms with Gasteiger partial charge in [-0.1, -0.05) is 6.92 Å². The number of imide groups is 1. The van der Waals surface area contributed by atoms with E-state index in [9.17, 15) is 14.4 Å². The first kappa shape index (κ1) is 15.2. The molecular formula is C11H17NO5. The van der Waals surface area contributed by atoms with Crippen LogP contribution < -0.4 is 5.32 Å². The van der Waals surface area contributed by atoms with Gasteiger partial charge in [0, 0.05) is 6.42 Å². The second-order valence-electron chi connectivity index (χ2n) is 2.94. The highest BCUT2D eigenvalue weighted by atomic mass is 16.5. The van der Waals surface area contributed by atoms with E-state index in [1.807, 2.05) is 0 Å². The Hall–Kier alpha value is -1.85. The van der Waals surface area contributed by atoms with Gasteiger partial charge in [-0.05, 0) is 13.8 Å². The molecule has 17 heavy (non-hydrogen) atoms. The minimum Gasteiger partial charge on any atom is -0.500 e. The summed E-state index contributed by atoms with van der Waals surface area (Å²) >= 11 is 0. The molecule has 6 heteroatoms. The number of esters is 1. The van der Waals surface area contributed by atoms with E-state index >= 15 is 0 Å². The highest BCUT2D eigenvalue weighted by Crippen LogP contribution is 2.00. The van der Waals surface area contributed by atoms with E-state index in [0.717, 1.165) is 6.26 Å². The number of rotatable bonds is 6. The minimum atomic E-state index is -0.817. The molecule has 1 N–H and O–H groups in total. The Balaban J connectivity index is 4.74. The molecule has 6 nitrogen and oxygen atoms in total. The Morgan fingerprint density at radius 2 is 1.76 bits per heavy atom. The number of nitrogens with one attached hydrogen (secondary N) is 1. The second kappa shape index (κ2) is 8.32. The lowest BCUT2D eigenvalue weighted by atomic mass is 10.2. The molecule has 0 aromatic heterocycles. The molecule has 0 bridgehead atoms. The topological polar surface area (TPSA) is 81.7 Å². The van der Waals surface area contributed by atoms with E-state index in [0.29, 0.717) is 6.61 Å². The molecule has 0 fully saturated rings. The van der Waals surface area contributed by atoms with Crippen molar-refractivity contribution in [1.29, 1.82) is 0 Å². The molecule has 0 aromatic rings. The zero-order valence-electron chi connectivity index (χ0n) is 10.2. The van der Waals surface area contributed by atoms with Gasteiger partial charge in [0.15, 0.2) is 5.57 Å². The van der Waals surface area contributed by atoms with E-state index in [2.05, 4.69) is 10.1 Å². The summed E-state index contributed by atoms with van der Waals surface area (Å²) in [5, 5.41) is 2.05. The summed E-state index contributed by atoms with van der Waals surface area (Å²) in [6.45, 7) is 5.35. The Morgan fingerprint density at radius 3 is 2.24 bits per heavy atom. The second-order valence-corrected chi connectivity index (χ2v) is 2.94. The molecule has 0 saturated carbocycles. The number of hydrogen-bond acceptors (Lipinski definition) is 5. The van der Waals surface area contributed by atoms with Gasteiger partial charge < -0.3 is 9.47 Å². The van der Waals surface area contributed by atoms with Gasteiger partial charge in [0.1, 0.15) is 6.26 Å².